The summed E-state index contributed by atoms with van der Waals surface area (Å²) >= 11 is 0. The van der Waals surface area contributed by atoms with Crippen LogP contribution in [0.1, 0.15) is 209 Å². The maximum Gasteiger partial charge on any atom is 0.132 e. The van der Waals surface area contributed by atoms with Crippen molar-refractivity contribution in [3.05, 3.63) is 107 Å². The second-order valence-corrected chi connectivity index (χ2v) is 18.2. The van der Waals surface area contributed by atoms with Crippen molar-refractivity contribution in [2.24, 2.45) is 11.8 Å². The van der Waals surface area contributed by atoms with Gasteiger partial charge in [-0.3, -0.25) is 9.97 Å². The largest absolute Gasteiger partial charge is 0.256 e. The van der Waals surface area contributed by atoms with Gasteiger partial charge in [0.2, 0.25) is 0 Å². The highest BCUT2D eigenvalue weighted by Gasteiger charge is 2.23. The van der Waals surface area contributed by atoms with Crippen LogP contribution in [0, 0.1) is 23.5 Å². The van der Waals surface area contributed by atoms with Crippen molar-refractivity contribution in [2.75, 3.05) is 0 Å². The molecule has 2 aliphatic rings. The second-order valence-electron chi connectivity index (χ2n) is 18.2. The molecule has 0 saturated heterocycles. The zero-order valence-corrected chi connectivity index (χ0v) is 37.6. The number of benzene rings is 2. The molecule has 0 N–H and O–H groups in total. The van der Waals surface area contributed by atoms with Crippen LogP contribution in [0.15, 0.2) is 73.1 Å². The van der Waals surface area contributed by atoms with Crippen molar-refractivity contribution in [2.45, 2.75) is 200 Å². The van der Waals surface area contributed by atoms with Crippen LogP contribution in [0.25, 0.3) is 22.5 Å². The number of pyridine rings is 2. The van der Waals surface area contributed by atoms with E-state index in [0.29, 0.717) is 23.0 Å². The Labute approximate surface area is 358 Å². The van der Waals surface area contributed by atoms with E-state index in [0.717, 1.165) is 60.0 Å². The van der Waals surface area contributed by atoms with E-state index in [1.165, 1.54) is 146 Å². The van der Waals surface area contributed by atoms with Crippen molar-refractivity contribution >= 4 is 0 Å². The van der Waals surface area contributed by atoms with Crippen LogP contribution in [0.5, 0.6) is 0 Å². The van der Waals surface area contributed by atoms with Gasteiger partial charge < -0.3 is 0 Å². The SMILES string of the molecule is CCCCCCCCCc1ccc(-c2ccc(C3CCC(CC)CC3)cn2)c(F)c1.CCCCCCCCc1ccc(-c2ccc(C3CCC(CC)CC3)cn2)c(F)c1. The Balaban J connectivity index is 0.000000224. The summed E-state index contributed by atoms with van der Waals surface area (Å²) in [7, 11) is 0. The summed E-state index contributed by atoms with van der Waals surface area (Å²) in [6.45, 7) is 9.09. The number of hydrogen-bond acceptors (Lipinski definition) is 2. The van der Waals surface area contributed by atoms with E-state index in [2.05, 4.69) is 61.9 Å². The topological polar surface area (TPSA) is 25.8 Å². The third-order valence-electron chi connectivity index (χ3n) is 13.9. The molecule has 0 radical (unpaired) electrons. The normalized spacial score (nSPS) is 19.3. The fourth-order valence-corrected chi connectivity index (χ4v) is 9.66. The van der Waals surface area contributed by atoms with Gasteiger partial charge in [0.1, 0.15) is 11.6 Å². The summed E-state index contributed by atoms with van der Waals surface area (Å²) in [5.41, 5.74) is 7.60. The van der Waals surface area contributed by atoms with Gasteiger partial charge >= 0.3 is 0 Å². The van der Waals surface area contributed by atoms with Gasteiger partial charge in [-0.15, -0.1) is 0 Å². The van der Waals surface area contributed by atoms with Crippen LogP contribution < -0.4 is 0 Å². The van der Waals surface area contributed by atoms with Crippen molar-refractivity contribution in [1.29, 1.82) is 0 Å². The zero-order chi connectivity index (χ0) is 41.7. The molecule has 2 aromatic carbocycles. The quantitative estimate of drug-likeness (QED) is 0.0784. The van der Waals surface area contributed by atoms with Gasteiger partial charge in [-0.1, -0.05) is 135 Å². The van der Waals surface area contributed by atoms with Crippen LogP contribution in [0.2, 0.25) is 0 Å². The summed E-state index contributed by atoms with van der Waals surface area (Å²) in [6, 6.07) is 19.8. The van der Waals surface area contributed by atoms with E-state index < -0.39 is 0 Å². The average Bonchev–Trinajstić information content (AvgIpc) is 3.28. The molecule has 2 fully saturated rings. The van der Waals surface area contributed by atoms with Crippen LogP contribution in [-0.2, 0) is 12.8 Å². The van der Waals surface area contributed by atoms with Crippen LogP contribution in [0.4, 0.5) is 8.78 Å². The van der Waals surface area contributed by atoms with E-state index in [1.807, 2.05) is 36.7 Å². The molecule has 0 aliphatic heterocycles. The lowest BCUT2D eigenvalue weighted by Gasteiger charge is -2.27. The molecule has 0 bridgehead atoms. The smallest absolute Gasteiger partial charge is 0.132 e. The molecule has 2 saturated carbocycles. The fraction of sp³-hybridized carbons (Fsp3) is 0.600. The number of hydrogen-bond donors (Lipinski definition) is 0. The van der Waals surface area contributed by atoms with Gasteiger partial charge in [0, 0.05) is 23.5 Å². The summed E-state index contributed by atoms with van der Waals surface area (Å²) in [5.74, 6) is 2.79. The summed E-state index contributed by atoms with van der Waals surface area (Å²) in [5, 5.41) is 0. The molecule has 2 aromatic heterocycles. The van der Waals surface area contributed by atoms with Crippen LogP contribution >= 0.6 is 0 Å². The van der Waals surface area contributed by atoms with Crippen molar-refractivity contribution < 1.29 is 8.78 Å². The second kappa shape index (κ2) is 26.0. The summed E-state index contributed by atoms with van der Waals surface area (Å²) < 4.78 is 29.5. The number of nitrogens with zero attached hydrogens (tertiary/aromatic N) is 2. The standard InChI is InChI=1S/C28H40FN.C27H38FN/c1-3-5-6-7-8-9-10-11-23-14-18-26(27(29)20-23)28-19-17-25(21-30-28)24-15-12-22(4-2)13-16-24;1-3-5-6-7-8-9-10-22-13-17-25(26(28)19-22)27-18-16-24(20-29-27)23-14-11-21(4-2)12-15-23/h14,17-22,24H,3-13,15-16H2,1-2H3;13,16-21,23H,3-12,14-15H2,1-2H3. The first-order valence-corrected chi connectivity index (χ1v) is 24.4. The predicted molar refractivity (Wildman–Crippen MR) is 248 cm³/mol. The summed E-state index contributed by atoms with van der Waals surface area (Å²) in [6.07, 6.45) is 35.5. The fourth-order valence-electron chi connectivity index (χ4n) is 9.66. The molecule has 0 spiro atoms. The summed E-state index contributed by atoms with van der Waals surface area (Å²) in [4.78, 5) is 9.24. The highest BCUT2D eigenvalue weighted by Crippen LogP contribution is 2.38. The first-order valence-electron chi connectivity index (χ1n) is 24.4. The first kappa shape index (κ1) is 46.7. The van der Waals surface area contributed by atoms with E-state index in [-0.39, 0.29) is 11.6 Å². The molecule has 59 heavy (non-hydrogen) atoms. The molecular weight excluding hydrogens is 727 g/mol. The molecule has 2 nitrogen and oxygen atoms in total. The third kappa shape index (κ3) is 15.2. The van der Waals surface area contributed by atoms with Gasteiger partial charge in [-0.25, -0.2) is 8.78 Å². The van der Waals surface area contributed by atoms with Gasteiger partial charge in [0.05, 0.1) is 11.4 Å². The number of unbranched alkanes of at least 4 members (excludes halogenated alkanes) is 11. The lowest BCUT2D eigenvalue weighted by Crippen LogP contribution is -2.12. The molecule has 4 aromatic rings. The number of rotatable bonds is 21. The van der Waals surface area contributed by atoms with Crippen molar-refractivity contribution in [3.8, 4) is 22.5 Å². The first-order chi connectivity index (χ1) is 28.9. The van der Waals surface area contributed by atoms with Gasteiger partial charge in [-0.2, -0.15) is 0 Å². The Bertz CT molecular complexity index is 1730. The van der Waals surface area contributed by atoms with Gasteiger partial charge in [0.15, 0.2) is 0 Å². The maximum atomic E-state index is 14.7. The molecule has 4 heteroatoms. The minimum atomic E-state index is -0.141. The molecule has 0 amide bonds. The molecule has 6 rings (SSSR count). The number of aryl methyl sites for hydroxylation is 2. The Morgan fingerprint density at radius 2 is 0.814 bits per heavy atom. The molecule has 2 heterocycles. The molecule has 0 atom stereocenters. The van der Waals surface area contributed by atoms with Crippen LogP contribution in [-0.4, -0.2) is 9.97 Å². The molecule has 322 valence electrons. The Morgan fingerprint density at radius 1 is 0.441 bits per heavy atom. The van der Waals surface area contributed by atoms with Gasteiger partial charge in [0.25, 0.3) is 0 Å². The molecular formula is C55H78F2N2. The minimum absolute atomic E-state index is 0.140. The maximum absolute atomic E-state index is 14.7. The molecule has 0 unspecified atom stereocenters. The minimum Gasteiger partial charge on any atom is -0.256 e. The Hall–Kier alpha value is -3.40. The average molecular weight is 805 g/mol. The Kier molecular flexibility index (Phi) is 20.6. The number of aromatic nitrogens is 2. The molecule has 2 aliphatic carbocycles. The lowest BCUT2D eigenvalue weighted by atomic mass is 9.78. The third-order valence-corrected chi connectivity index (χ3v) is 13.9. The predicted octanol–water partition coefficient (Wildman–Crippen LogP) is 17.3. The van der Waals surface area contributed by atoms with E-state index in [1.54, 1.807) is 12.1 Å². The van der Waals surface area contributed by atoms with Crippen LogP contribution in [0.3, 0.4) is 0 Å². The van der Waals surface area contributed by atoms with Crippen molar-refractivity contribution in [3.63, 3.8) is 0 Å². The van der Waals surface area contributed by atoms with E-state index in [9.17, 15) is 8.78 Å². The monoisotopic (exact) mass is 805 g/mol. The van der Waals surface area contributed by atoms with E-state index >= 15 is 0 Å². The highest BCUT2D eigenvalue weighted by molar-refractivity contribution is 5.61. The van der Waals surface area contributed by atoms with E-state index in [4.69, 9.17) is 0 Å². The number of halogens is 2. The van der Waals surface area contributed by atoms with Gasteiger partial charge in [-0.05, 0) is 159 Å². The Morgan fingerprint density at radius 3 is 1.14 bits per heavy atom. The highest BCUT2D eigenvalue weighted by atomic mass is 19.1. The lowest BCUT2D eigenvalue weighted by molar-refractivity contribution is 0.318. The zero-order valence-electron chi connectivity index (χ0n) is 37.6. The van der Waals surface area contributed by atoms with Crippen molar-refractivity contribution in [1.82, 2.24) is 9.97 Å².